The number of piperidine rings is 1. The molecule has 3 heterocycles. The number of rotatable bonds is 3. The van der Waals surface area contributed by atoms with Gasteiger partial charge in [0.25, 0.3) is 0 Å². The van der Waals surface area contributed by atoms with Gasteiger partial charge in [0.2, 0.25) is 0 Å². The van der Waals surface area contributed by atoms with Crippen LogP contribution in [0.25, 0.3) is 10.2 Å². The maximum atomic E-state index is 4.86. The maximum Gasteiger partial charge on any atom is 0.127 e. The molecule has 0 bridgehead atoms. The lowest BCUT2D eigenvalue weighted by atomic mass is 9.84. The van der Waals surface area contributed by atoms with Gasteiger partial charge in [0, 0.05) is 23.4 Å². The summed E-state index contributed by atoms with van der Waals surface area (Å²) in [6.07, 6.45) is 9.54. The Bertz CT molecular complexity index is 743. The van der Waals surface area contributed by atoms with Crippen LogP contribution in [0.1, 0.15) is 81.1 Å². The van der Waals surface area contributed by atoms with Gasteiger partial charge in [-0.1, -0.05) is 33.1 Å². The smallest absolute Gasteiger partial charge is 0.127 e. The van der Waals surface area contributed by atoms with Gasteiger partial charge in [0.05, 0.1) is 5.69 Å². The molecule has 1 aliphatic heterocycles. The molecule has 0 aromatic carbocycles. The van der Waals surface area contributed by atoms with E-state index in [9.17, 15) is 0 Å². The third kappa shape index (κ3) is 3.90. The highest BCUT2D eigenvalue weighted by Crippen LogP contribution is 2.39. The highest BCUT2D eigenvalue weighted by atomic mass is 32.1. The van der Waals surface area contributed by atoms with Crippen molar-refractivity contribution >= 4 is 21.6 Å². The topological polar surface area (TPSA) is 29.0 Å². The van der Waals surface area contributed by atoms with Crippen molar-refractivity contribution in [2.24, 2.45) is 5.41 Å². The van der Waals surface area contributed by atoms with Crippen LogP contribution in [0.5, 0.6) is 0 Å². The molecule has 1 saturated heterocycles. The lowest BCUT2D eigenvalue weighted by Gasteiger charge is -2.37. The van der Waals surface area contributed by atoms with Gasteiger partial charge in [0.1, 0.15) is 10.7 Å². The van der Waals surface area contributed by atoms with Crippen LogP contribution >= 0.6 is 11.3 Å². The minimum Gasteiger partial charge on any atom is -0.297 e. The molecular weight excluding hydrogens is 326 g/mol. The van der Waals surface area contributed by atoms with Crippen LogP contribution in [-0.2, 0) is 6.54 Å². The summed E-state index contributed by atoms with van der Waals surface area (Å²) in [5.74, 6) is 1.69. The Morgan fingerprint density at radius 2 is 1.96 bits per heavy atom. The first-order valence-electron chi connectivity index (χ1n) is 9.99. The van der Waals surface area contributed by atoms with Gasteiger partial charge in [0.15, 0.2) is 0 Å². The van der Waals surface area contributed by atoms with Crippen molar-refractivity contribution in [1.29, 1.82) is 0 Å². The average Bonchev–Trinajstić information content (AvgIpc) is 2.99. The Labute approximate surface area is 155 Å². The Kier molecular flexibility index (Phi) is 4.85. The molecule has 1 saturated carbocycles. The fourth-order valence-corrected chi connectivity index (χ4v) is 5.98. The third-order valence-electron chi connectivity index (χ3n) is 5.96. The van der Waals surface area contributed by atoms with Gasteiger partial charge in [-0.15, -0.1) is 11.3 Å². The summed E-state index contributed by atoms with van der Waals surface area (Å²) in [6.45, 7) is 10.2. The summed E-state index contributed by atoms with van der Waals surface area (Å²) in [7, 11) is 0. The molecule has 0 spiro atoms. The van der Waals surface area contributed by atoms with Crippen molar-refractivity contribution in [2.45, 2.75) is 78.2 Å². The van der Waals surface area contributed by atoms with Crippen molar-refractivity contribution in [3.05, 3.63) is 22.5 Å². The Morgan fingerprint density at radius 3 is 2.72 bits per heavy atom. The molecule has 25 heavy (non-hydrogen) atoms. The Hall–Kier alpha value is -1.00. The van der Waals surface area contributed by atoms with Crippen LogP contribution in [0.3, 0.4) is 0 Å². The van der Waals surface area contributed by atoms with E-state index >= 15 is 0 Å². The first-order chi connectivity index (χ1) is 12.0. The van der Waals surface area contributed by atoms with Gasteiger partial charge in [-0.2, -0.15) is 0 Å². The number of hydrogen-bond acceptors (Lipinski definition) is 4. The molecule has 0 N–H and O–H groups in total. The second-order valence-corrected chi connectivity index (χ2v) is 9.96. The second kappa shape index (κ2) is 6.96. The molecule has 0 amide bonds. The fraction of sp³-hybridized carbons (Fsp3) is 0.714. The third-order valence-corrected chi connectivity index (χ3v) is 7.15. The maximum absolute atomic E-state index is 4.86. The molecule has 2 aromatic heterocycles. The summed E-state index contributed by atoms with van der Waals surface area (Å²) < 4.78 is 0. The molecule has 4 heteroatoms. The Morgan fingerprint density at radius 1 is 1.16 bits per heavy atom. The summed E-state index contributed by atoms with van der Waals surface area (Å²) in [4.78, 5) is 15.0. The van der Waals surface area contributed by atoms with Crippen molar-refractivity contribution < 1.29 is 0 Å². The zero-order valence-electron chi connectivity index (χ0n) is 16.0. The Balaban J connectivity index is 1.62. The summed E-state index contributed by atoms with van der Waals surface area (Å²) in [6, 6.07) is 2.43. The van der Waals surface area contributed by atoms with E-state index in [1.54, 1.807) is 4.88 Å². The second-order valence-electron chi connectivity index (χ2n) is 8.90. The molecule has 2 aliphatic rings. The van der Waals surface area contributed by atoms with Crippen molar-refractivity contribution in [1.82, 2.24) is 14.9 Å². The highest BCUT2D eigenvalue weighted by molar-refractivity contribution is 7.18. The van der Waals surface area contributed by atoms with Crippen molar-refractivity contribution in [2.75, 3.05) is 13.1 Å². The van der Waals surface area contributed by atoms with Gasteiger partial charge in [-0.05, 0) is 56.6 Å². The number of aryl methyl sites for hydroxylation is 1. The quantitative estimate of drug-likeness (QED) is 0.709. The number of aromatic nitrogens is 2. The fourth-order valence-electron chi connectivity index (χ4n) is 4.72. The molecule has 2 aromatic rings. The molecule has 0 atom stereocenters. The van der Waals surface area contributed by atoms with E-state index in [0.29, 0.717) is 5.41 Å². The number of fused-ring (bicyclic) bond motifs is 1. The van der Waals surface area contributed by atoms with E-state index in [4.69, 9.17) is 9.97 Å². The van der Waals surface area contributed by atoms with E-state index in [0.717, 1.165) is 18.3 Å². The normalized spacial score (nSPS) is 22.5. The van der Waals surface area contributed by atoms with E-state index in [2.05, 4.69) is 24.8 Å². The number of hydrogen-bond donors (Lipinski definition) is 0. The molecule has 0 radical (unpaired) electrons. The van der Waals surface area contributed by atoms with Crippen molar-refractivity contribution in [3.8, 4) is 0 Å². The lowest BCUT2D eigenvalue weighted by Crippen LogP contribution is -2.39. The molecule has 2 fully saturated rings. The molecule has 1 aliphatic carbocycles. The zero-order chi connectivity index (χ0) is 17.4. The van der Waals surface area contributed by atoms with E-state index in [-0.39, 0.29) is 0 Å². The average molecular weight is 358 g/mol. The van der Waals surface area contributed by atoms with Gasteiger partial charge in [-0.3, -0.25) is 4.90 Å². The van der Waals surface area contributed by atoms with E-state index in [1.807, 2.05) is 18.3 Å². The SMILES string of the molecule is Cc1nc(CN2CCCC(C)(C)C2)c2cc(C3CCCCC3)sc2n1. The first-order valence-corrected chi connectivity index (χ1v) is 10.8. The van der Waals surface area contributed by atoms with E-state index < -0.39 is 0 Å². The zero-order valence-corrected chi connectivity index (χ0v) is 16.8. The molecule has 4 rings (SSSR count). The van der Waals surface area contributed by atoms with E-state index in [1.165, 1.54) is 73.9 Å². The first kappa shape index (κ1) is 17.4. The number of nitrogens with zero attached hydrogens (tertiary/aromatic N) is 3. The van der Waals surface area contributed by atoms with Crippen LogP contribution in [0.15, 0.2) is 6.07 Å². The van der Waals surface area contributed by atoms with Gasteiger partial charge in [-0.25, -0.2) is 9.97 Å². The number of likely N-dealkylation sites (tertiary alicyclic amines) is 1. The minimum atomic E-state index is 0.432. The predicted octanol–water partition coefficient (Wildman–Crippen LogP) is 5.67. The summed E-state index contributed by atoms with van der Waals surface area (Å²) in [5, 5.41) is 1.32. The predicted molar refractivity (Wildman–Crippen MR) is 106 cm³/mol. The highest BCUT2D eigenvalue weighted by Gasteiger charge is 2.27. The van der Waals surface area contributed by atoms with Gasteiger partial charge < -0.3 is 0 Å². The van der Waals surface area contributed by atoms with Crippen LogP contribution in [0.4, 0.5) is 0 Å². The number of thiophene rings is 1. The summed E-state index contributed by atoms with van der Waals surface area (Å²) >= 11 is 1.92. The van der Waals surface area contributed by atoms with Crippen molar-refractivity contribution in [3.63, 3.8) is 0 Å². The summed E-state index contributed by atoms with van der Waals surface area (Å²) in [5.41, 5.74) is 1.68. The largest absolute Gasteiger partial charge is 0.297 e. The van der Waals surface area contributed by atoms with Crippen LogP contribution in [-0.4, -0.2) is 28.0 Å². The standard InChI is InChI=1S/C21H31N3S/c1-15-22-18(13-24-11-7-10-21(2,3)14-24)17-12-19(25-20(17)23-15)16-8-5-4-6-9-16/h12,16H,4-11,13-14H2,1-3H3. The van der Waals surface area contributed by atoms with Crippen LogP contribution < -0.4 is 0 Å². The molecular formula is C21H31N3S. The van der Waals surface area contributed by atoms with Crippen LogP contribution in [0.2, 0.25) is 0 Å². The molecule has 0 unspecified atom stereocenters. The minimum absolute atomic E-state index is 0.432. The molecule has 136 valence electrons. The molecule has 3 nitrogen and oxygen atoms in total. The van der Waals surface area contributed by atoms with Crippen LogP contribution in [0, 0.1) is 12.3 Å². The lowest BCUT2D eigenvalue weighted by molar-refractivity contribution is 0.111. The van der Waals surface area contributed by atoms with Gasteiger partial charge >= 0.3 is 0 Å². The monoisotopic (exact) mass is 357 g/mol.